The fourth-order valence-corrected chi connectivity index (χ4v) is 3.02. The van der Waals surface area contributed by atoms with E-state index in [-0.39, 0.29) is 11.9 Å². The number of nitrogens with zero attached hydrogens (tertiary/aromatic N) is 1. The molecule has 1 fully saturated rings. The quantitative estimate of drug-likeness (QED) is 0.856. The van der Waals surface area contributed by atoms with E-state index >= 15 is 0 Å². The molecule has 0 aromatic heterocycles. The van der Waals surface area contributed by atoms with Crippen LogP contribution in [0.5, 0.6) is 0 Å². The molecule has 0 bridgehead atoms. The average molecular weight is 274 g/mol. The second-order valence-electron chi connectivity index (χ2n) is 5.97. The highest BCUT2D eigenvalue weighted by Crippen LogP contribution is 2.21. The zero-order chi connectivity index (χ0) is 14.4. The standard InChI is InChI=1S/C17H26N2O/c1-19(2)16(14-10-6-5-7-11-14)17(20)18-15-12-8-3-4-9-13-15/h5-7,10-11,15-16H,3-4,8-9,12-13H2,1-2H3,(H,18,20). The number of benzene rings is 1. The van der Waals surface area contributed by atoms with Crippen molar-refractivity contribution in [3.05, 3.63) is 35.9 Å². The van der Waals surface area contributed by atoms with Gasteiger partial charge in [-0.2, -0.15) is 0 Å². The highest BCUT2D eigenvalue weighted by Gasteiger charge is 2.25. The van der Waals surface area contributed by atoms with Gasteiger partial charge < -0.3 is 5.32 Å². The Hall–Kier alpha value is -1.35. The van der Waals surface area contributed by atoms with Crippen molar-refractivity contribution < 1.29 is 4.79 Å². The van der Waals surface area contributed by atoms with E-state index in [1.165, 1.54) is 25.7 Å². The molecule has 0 spiro atoms. The molecule has 0 saturated heterocycles. The topological polar surface area (TPSA) is 32.3 Å². The number of amides is 1. The van der Waals surface area contributed by atoms with Gasteiger partial charge in [0.1, 0.15) is 6.04 Å². The van der Waals surface area contributed by atoms with Gasteiger partial charge in [0.25, 0.3) is 0 Å². The average Bonchev–Trinajstić information content (AvgIpc) is 2.68. The SMILES string of the molecule is CN(C)C(C(=O)NC1CCCCCC1)c1ccccc1. The van der Waals surface area contributed by atoms with Crippen molar-refractivity contribution in [1.82, 2.24) is 10.2 Å². The van der Waals surface area contributed by atoms with Crippen LogP contribution in [0.4, 0.5) is 0 Å². The lowest BCUT2D eigenvalue weighted by molar-refractivity contribution is -0.126. The summed E-state index contributed by atoms with van der Waals surface area (Å²) >= 11 is 0. The smallest absolute Gasteiger partial charge is 0.242 e. The van der Waals surface area contributed by atoms with Crippen LogP contribution in [0.2, 0.25) is 0 Å². The molecule has 0 aliphatic heterocycles. The summed E-state index contributed by atoms with van der Waals surface area (Å²) in [7, 11) is 3.93. The number of hydrogen-bond donors (Lipinski definition) is 1. The molecule has 1 saturated carbocycles. The zero-order valence-corrected chi connectivity index (χ0v) is 12.6. The van der Waals surface area contributed by atoms with Gasteiger partial charge in [-0.25, -0.2) is 0 Å². The molecular formula is C17H26N2O. The Morgan fingerprint density at radius 2 is 1.70 bits per heavy atom. The van der Waals surface area contributed by atoms with Gasteiger partial charge in [-0.05, 0) is 32.5 Å². The van der Waals surface area contributed by atoms with Crippen molar-refractivity contribution >= 4 is 5.91 Å². The van der Waals surface area contributed by atoms with Gasteiger partial charge in [0.15, 0.2) is 0 Å². The summed E-state index contributed by atoms with van der Waals surface area (Å²) in [6.45, 7) is 0. The highest BCUT2D eigenvalue weighted by molar-refractivity contribution is 5.83. The van der Waals surface area contributed by atoms with Crippen molar-refractivity contribution in [2.24, 2.45) is 0 Å². The van der Waals surface area contributed by atoms with E-state index in [1.54, 1.807) is 0 Å². The summed E-state index contributed by atoms with van der Waals surface area (Å²) in [4.78, 5) is 14.6. The Bertz CT molecular complexity index is 408. The molecule has 2 rings (SSSR count). The van der Waals surface area contributed by atoms with Gasteiger partial charge in [0, 0.05) is 6.04 Å². The van der Waals surface area contributed by atoms with Crippen molar-refractivity contribution in [2.45, 2.75) is 50.6 Å². The summed E-state index contributed by atoms with van der Waals surface area (Å²) in [5.74, 6) is 0.133. The minimum atomic E-state index is -0.195. The van der Waals surface area contributed by atoms with E-state index in [0.29, 0.717) is 6.04 Å². The fraction of sp³-hybridized carbons (Fsp3) is 0.588. The van der Waals surface area contributed by atoms with Crippen LogP contribution in [-0.2, 0) is 4.79 Å². The van der Waals surface area contributed by atoms with Crippen molar-refractivity contribution in [3.63, 3.8) is 0 Å². The molecule has 0 radical (unpaired) electrons. The lowest BCUT2D eigenvalue weighted by Gasteiger charge is -2.26. The van der Waals surface area contributed by atoms with E-state index in [4.69, 9.17) is 0 Å². The molecule has 1 aromatic rings. The van der Waals surface area contributed by atoms with Gasteiger partial charge in [0.05, 0.1) is 0 Å². The first-order chi connectivity index (χ1) is 9.68. The largest absolute Gasteiger partial charge is 0.352 e. The molecule has 1 aliphatic carbocycles. The van der Waals surface area contributed by atoms with E-state index < -0.39 is 0 Å². The van der Waals surface area contributed by atoms with Crippen molar-refractivity contribution in [1.29, 1.82) is 0 Å². The van der Waals surface area contributed by atoms with Crippen LogP contribution < -0.4 is 5.32 Å². The van der Waals surface area contributed by atoms with E-state index in [0.717, 1.165) is 18.4 Å². The molecule has 3 nitrogen and oxygen atoms in total. The number of rotatable bonds is 4. The molecular weight excluding hydrogens is 248 g/mol. The van der Waals surface area contributed by atoms with Gasteiger partial charge in [-0.1, -0.05) is 56.0 Å². The Labute approximate surface area is 122 Å². The summed E-state index contributed by atoms with van der Waals surface area (Å²) in [5, 5.41) is 3.26. The lowest BCUT2D eigenvalue weighted by Crippen LogP contribution is -2.42. The summed E-state index contributed by atoms with van der Waals surface area (Å²) in [5.41, 5.74) is 1.06. The Morgan fingerprint density at radius 1 is 1.10 bits per heavy atom. The molecule has 110 valence electrons. The maximum Gasteiger partial charge on any atom is 0.242 e. The molecule has 1 aliphatic rings. The third kappa shape index (κ3) is 4.07. The molecule has 3 heteroatoms. The number of hydrogen-bond acceptors (Lipinski definition) is 2. The van der Waals surface area contributed by atoms with Crippen molar-refractivity contribution in [3.8, 4) is 0 Å². The maximum atomic E-state index is 12.6. The summed E-state index contributed by atoms with van der Waals surface area (Å²) in [6, 6.07) is 10.2. The molecule has 1 amide bonds. The van der Waals surface area contributed by atoms with Crippen LogP contribution in [0.3, 0.4) is 0 Å². The van der Waals surface area contributed by atoms with E-state index in [2.05, 4.69) is 5.32 Å². The molecule has 1 N–H and O–H groups in total. The molecule has 1 aromatic carbocycles. The highest BCUT2D eigenvalue weighted by atomic mass is 16.2. The van der Waals surface area contributed by atoms with E-state index in [1.807, 2.05) is 49.3 Å². The fourth-order valence-electron chi connectivity index (χ4n) is 3.02. The molecule has 0 heterocycles. The van der Waals surface area contributed by atoms with Gasteiger partial charge in [-0.15, -0.1) is 0 Å². The monoisotopic (exact) mass is 274 g/mol. The Balaban J connectivity index is 2.03. The minimum Gasteiger partial charge on any atom is -0.352 e. The van der Waals surface area contributed by atoms with Crippen LogP contribution in [0.15, 0.2) is 30.3 Å². The van der Waals surface area contributed by atoms with Gasteiger partial charge in [0.2, 0.25) is 5.91 Å². The Morgan fingerprint density at radius 3 is 2.25 bits per heavy atom. The number of carbonyl (C=O) groups excluding carboxylic acids is 1. The minimum absolute atomic E-state index is 0.133. The molecule has 1 atom stereocenters. The number of nitrogens with one attached hydrogen (secondary N) is 1. The van der Waals surface area contributed by atoms with E-state index in [9.17, 15) is 4.79 Å². The first kappa shape index (κ1) is 15.0. The van der Waals surface area contributed by atoms with Crippen LogP contribution in [0.1, 0.15) is 50.1 Å². The lowest BCUT2D eigenvalue weighted by atomic mass is 10.0. The third-order valence-electron chi connectivity index (χ3n) is 4.08. The number of likely N-dealkylation sites (N-methyl/N-ethyl adjacent to an activating group) is 1. The second-order valence-corrected chi connectivity index (χ2v) is 5.97. The first-order valence-corrected chi connectivity index (χ1v) is 7.70. The predicted octanol–water partition coefficient (Wildman–Crippen LogP) is 3.13. The third-order valence-corrected chi connectivity index (χ3v) is 4.08. The first-order valence-electron chi connectivity index (χ1n) is 7.70. The van der Waals surface area contributed by atoms with Crippen molar-refractivity contribution in [2.75, 3.05) is 14.1 Å². The summed E-state index contributed by atoms with van der Waals surface area (Å²) < 4.78 is 0. The van der Waals surface area contributed by atoms with Gasteiger partial charge >= 0.3 is 0 Å². The van der Waals surface area contributed by atoms with Gasteiger partial charge in [-0.3, -0.25) is 9.69 Å². The van der Waals surface area contributed by atoms with Crippen LogP contribution >= 0.6 is 0 Å². The predicted molar refractivity (Wildman–Crippen MR) is 82.5 cm³/mol. The zero-order valence-electron chi connectivity index (χ0n) is 12.6. The summed E-state index contributed by atoms with van der Waals surface area (Å²) in [6.07, 6.45) is 7.34. The maximum absolute atomic E-state index is 12.6. The van der Waals surface area contributed by atoms with Crippen LogP contribution in [-0.4, -0.2) is 30.9 Å². The second kappa shape index (κ2) is 7.44. The van der Waals surface area contributed by atoms with Crippen LogP contribution in [0.25, 0.3) is 0 Å². The molecule has 20 heavy (non-hydrogen) atoms. The Kier molecular flexibility index (Phi) is 5.60. The number of carbonyl (C=O) groups is 1. The van der Waals surface area contributed by atoms with Crippen LogP contribution in [0, 0.1) is 0 Å². The molecule has 1 unspecified atom stereocenters. The normalized spacial score (nSPS) is 18.6.